The summed E-state index contributed by atoms with van der Waals surface area (Å²) in [6, 6.07) is -1.82. The highest BCUT2D eigenvalue weighted by atomic mass is 16.4. The van der Waals surface area contributed by atoms with E-state index in [0.29, 0.717) is 0 Å². The summed E-state index contributed by atoms with van der Waals surface area (Å²) < 4.78 is 0. The molecule has 118 valence electrons. The Morgan fingerprint density at radius 3 is 2.24 bits per heavy atom. The molecule has 0 aromatic carbocycles. The number of carboxylic acid groups (broad SMARTS) is 1. The van der Waals surface area contributed by atoms with Gasteiger partial charge in [0.2, 0.25) is 11.8 Å². The van der Waals surface area contributed by atoms with Gasteiger partial charge in [0, 0.05) is 12.8 Å². The van der Waals surface area contributed by atoms with Gasteiger partial charge in [-0.15, -0.1) is 0 Å². The fourth-order valence-electron chi connectivity index (χ4n) is 1.81. The molecule has 0 spiro atoms. The summed E-state index contributed by atoms with van der Waals surface area (Å²) in [7, 11) is 0. The third-order valence-electron chi connectivity index (χ3n) is 3.15. The maximum absolute atomic E-state index is 11.7. The first-order valence-electron chi connectivity index (χ1n) is 6.68. The van der Waals surface area contributed by atoms with Gasteiger partial charge in [0.15, 0.2) is 5.78 Å². The number of Topliss-reactive ketones (excluding diaryl/α,β-unsaturated/α-hetero) is 1. The van der Waals surface area contributed by atoms with Crippen LogP contribution in [0.15, 0.2) is 0 Å². The Morgan fingerprint density at radius 1 is 1.10 bits per heavy atom. The van der Waals surface area contributed by atoms with Gasteiger partial charge in [-0.1, -0.05) is 0 Å². The number of ketones is 1. The number of rotatable bonds is 1. The minimum Gasteiger partial charge on any atom is -0.480 e. The maximum Gasteiger partial charge on any atom is 0.320 e. The van der Waals surface area contributed by atoms with E-state index < -0.39 is 18.1 Å². The molecule has 21 heavy (non-hydrogen) atoms. The van der Waals surface area contributed by atoms with Crippen molar-refractivity contribution in [1.82, 2.24) is 16.0 Å². The Hall–Kier alpha value is -2.00. The number of hydrogen-bond donors (Lipinski definition) is 5. The molecule has 1 fully saturated rings. The quantitative estimate of drug-likeness (QED) is 0.365. The van der Waals surface area contributed by atoms with Gasteiger partial charge in [-0.05, 0) is 12.8 Å². The van der Waals surface area contributed by atoms with E-state index in [1.54, 1.807) is 0 Å². The SMILES string of the molecule is NC1CCC(=O)NCNC(=O)CCC(C(=O)O)NCC1=O. The van der Waals surface area contributed by atoms with Crippen LogP contribution in [-0.4, -0.2) is 54.0 Å². The molecule has 1 saturated heterocycles. The summed E-state index contributed by atoms with van der Waals surface area (Å²) in [5, 5.41) is 16.5. The Morgan fingerprint density at radius 2 is 1.67 bits per heavy atom. The highest BCUT2D eigenvalue weighted by Gasteiger charge is 2.22. The smallest absolute Gasteiger partial charge is 0.320 e. The first-order chi connectivity index (χ1) is 9.90. The molecule has 0 radical (unpaired) electrons. The summed E-state index contributed by atoms with van der Waals surface area (Å²) in [5.41, 5.74) is 5.65. The summed E-state index contributed by atoms with van der Waals surface area (Å²) in [5.74, 6) is -2.18. The van der Waals surface area contributed by atoms with Crippen molar-refractivity contribution in [3.63, 3.8) is 0 Å². The van der Waals surface area contributed by atoms with Crippen LogP contribution in [0.4, 0.5) is 0 Å². The molecule has 9 heteroatoms. The first kappa shape index (κ1) is 17.1. The number of nitrogens with one attached hydrogen (secondary N) is 3. The van der Waals surface area contributed by atoms with Crippen molar-refractivity contribution in [3.8, 4) is 0 Å². The van der Waals surface area contributed by atoms with Gasteiger partial charge in [-0.25, -0.2) is 0 Å². The number of carboxylic acids is 1. The van der Waals surface area contributed by atoms with E-state index in [1.807, 2.05) is 0 Å². The van der Waals surface area contributed by atoms with Crippen molar-refractivity contribution in [2.75, 3.05) is 13.2 Å². The monoisotopic (exact) mass is 300 g/mol. The van der Waals surface area contributed by atoms with Crippen molar-refractivity contribution in [3.05, 3.63) is 0 Å². The van der Waals surface area contributed by atoms with Crippen LogP contribution in [0.25, 0.3) is 0 Å². The molecular formula is C12H20N4O5. The summed E-state index contributed by atoms with van der Waals surface area (Å²) in [6.07, 6.45) is 0.237. The molecule has 9 nitrogen and oxygen atoms in total. The Labute approximate surface area is 121 Å². The van der Waals surface area contributed by atoms with Gasteiger partial charge >= 0.3 is 5.97 Å². The van der Waals surface area contributed by atoms with E-state index in [4.69, 9.17) is 10.8 Å². The molecule has 0 bridgehead atoms. The van der Waals surface area contributed by atoms with Crippen LogP contribution >= 0.6 is 0 Å². The predicted octanol–water partition coefficient (Wildman–Crippen LogP) is -2.31. The van der Waals surface area contributed by atoms with Crippen LogP contribution in [-0.2, 0) is 19.2 Å². The first-order valence-corrected chi connectivity index (χ1v) is 6.68. The lowest BCUT2D eigenvalue weighted by molar-refractivity contribution is -0.139. The second-order valence-electron chi connectivity index (χ2n) is 4.80. The van der Waals surface area contributed by atoms with Crippen molar-refractivity contribution < 1.29 is 24.3 Å². The van der Waals surface area contributed by atoms with Crippen molar-refractivity contribution in [2.45, 2.75) is 37.8 Å². The van der Waals surface area contributed by atoms with Crippen LogP contribution in [0.2, 0.25) is 0 Å². The van der Waals surface area contributed by atoms with E-state index in [2.05, 4.69) is 16.0 Å². The van der Waals surface area contributed by atoms with E-state index in [9.17, 15) is 19.2 Å². The Balaban J connectivity index is 2.67. The molecule has 2 atom stereocenters. The second kappa shape index (κ2) is 8.32. The third-order valence-corrected chi connectivity index (χ3v) is 3.15. The topological polar surface area (TPSA) is 151 Å². The molecule has 1 heterocycles. The molecule has 1 rings (SSSR count). The van der Waals surface area contributed by atoms with Crippen LogP contribution < -0.4 is 21.7 Å². The number of hydrogen-bond acceptors (Lipinski definition) is 6. The number of carbonyl (C=O) groups is 4. The van der Waals surface area contributed by atoms with Gasteiger partial charge in [0.25, 0.3) is 0 Å². The van der Waals surface area contributed by atoms with Gasteiger partial charge in [-0.3, -0.25) is 24.5 Å². The van der Waals surface area contributed by atoms with Crippen LogP contribution in [0.3, 0.4) is 0 Å². The fourth-order valence-corrected chi connectivity index (χ4v) is 1.81. The molecule has 0 aromatic heterocycles. The average Bonchev–Trinajstić information content (AvgIpc) is 2.43. The standard InChI is InChI=1S/C12H20N4O5/c13-7-1-3-10(18)15-6-16-11(19)4-2-8(12(20)21)14-5-9(7)17/h7-8,14H,1-6,13H2,(H,15,18)(H,16,19)(H,20,21). The van der Waals surface area contributed by atoms with Gasteiger partial charge in [0.1, 0.15) is 6.04 Å². The van der Waals surface area contributed by atoms with Crippen LogP contribution in [0.1, 0.15) is 25.7 Å². The van der Waals surface area contributed by atoms with Gasteiger partial charge in [-0.2, -0.15) is 0 Å². The van der Waals surface area contributed by atoms with Crippen molar-refractivity contribution in [1.29, 1.82) is 0 Å². The minimum absolute atomic E-state index is 0.0277. The van der Waals surface area contributed by atoms with Gasteiger partial charge in [0.05, 0.1) is 19.3 Å². The zero-order valence-electron chi connectivity index (χ0n) is 11.6. The van der Waals surface area contributed by atoms with Crippen molar-refractivity contribution in [2.24, 2.45) is 5.73 Å². The van der Waals surface area contributed by atoms with Crippen LogP contribution in [0, 0.1) is 0 Å². The lowest BCUT2D eigenvalue weighted by atomic mass is 10.1. The molecule has 0 aliphatic carbocycles. The lowest BCUT2D eigenvalue weighted by Crippen LogP contribution is -2.46. The fraction of sp³-hybridized carbons (Fsp3) is 0.667. The molecule has 0 saturated carbocycles. The highest BCUT2D eigenvalue weighted by molar-refractivity contribution is 5.87. The van der Waals surface area contributed by atoms with E-state index >= 15 is 0 Å². The zero-order valence-corrected chi connectivity index (χ0v) is 11.6. The van der Waals surface area contributed by atoms with Crippen LogP contribution in [0.5, 0.6) is 0 Å². The molecule has 2 unspecified atom stereocenters. The molecule has 0 aromatic rings. The lowest BCUT2D eigenvalue weighted by Gasteiger charge is -2.17. The predicted molar refractivity (Wildman–Crippen MR) is 72.0 cm³/mol. The van der Waals surface area contributed by atoms with Crippen molar-refractivity contribution >= 4 is 23.6 Å². The molecule has 1 aliphatic rings. The second-order valence-corrected chi connectivity index (χ2v) is 4.80. The molecule has 2 amide bonds. The Kier molecular flexibility index (Phi) is 6.76. The normalized spacial score (nSPS) is 26.4. The zero-order chi connectivity index (χ0) is 15.8. The number of amides is 2. The summed E-state index contributed by atoms with van der Waals surface area (Å²) >= 11 is 0. The summed E-state index contributed by atoms with van der Waals surface area (Å²) in [4.78, 5) is 45.7. The minimum atomic E-state index is -1.13. The van der Waals surface area contributed by atoms with Gasteiger partial charge < -0.3 is 21.5 Å². The maximum atomic E-state index is 11.7. The highest BCUT2D eigenvalue weighted by Crippen LogP contribution is 2.01. The number of carbonyl (C=O) groups excluding carboxylic acids is 3. The van der Waals surface area contributed by atoms with E-state index in [0.717, 1.165) is 0 Å². The third kappa shape index (κ3) is 6.32. The molecular weight excluding hydrogens is 280 g/mol. The van der Waals surface area contributed by atoms with E-state index in [1.165, 1.54) is 0 Å². The molecule has 1 aliphatic heterocycles. The number of nitrogens with two attached hydrogens (primary N) is 1. The largest absolute Gasteiger partial charge is 0.480 e. The molecule has 6 N–H and O–H groups in total. The van der Waals surface area contributed by atoms with E-state index in [-0.39, 0.29) is 56.5 Å². The summed E-state index contributed by atoms with van der Waals surface area (Å²) in [6.45, 7) is -0.243. The Bertz CT molecular complexity index is 426. The average molecular weight is 300 g/mol. The number of aliphatic carboxylic acids is 1.